The molecule has 0 saturated heterocycles. The zero-order valence-corrected chi connectivity index (χ0v) is 13.1. The Balaban J connectivity index is 1.90. The highest BCUT2D eigenvalue weighted by molar-refractivity contribution is 7.66. The standard InChI is InChI=1S/C16H9F4N2O2S/c17-12-4-2-1-3-11(12)13(25-23)9-5-7-10(8-6-9)14-21-15(24-22-14)16(18,19)20/h1-8,13H/q+1. The highest BCUT2D eigenvalue weighted by Gasteiger charge is 2.38. The summed E-state index contributed by atoms with van der Waals surface area (Å²) in [6, 6.07) is 11.8. The zero-order chi connectivity index (χ0) is 18.0. The van der Waals surface area contributed by atoms with Gasteiger partial charge in [0.2, 0.25) is 5.82 Å². The number of rotatable bonds is 4. The minimum atomic E-state index is -4.72. The smallest absolute Gasteiger partial charge is 0.329 e. The van der Waals surface area contributed by atoms with Gasteiger partial charge in [0.1, 0.15) is 5.82 Å². The molecule has 0 saturated carbocycles. The lowest BCUT2D eigenvalue weighted by Crippen LogP contribution is -2.04. The third kappa shape index (κ3) is 3.55. The molecule has 0 radical (unpaired) electrons. The van der Waals surface area contributed by atoms with E-state index in [0.717, 1.165) is 0 Å². The summed E-state index contributed by atoms with van der Waals surface area (Å²) in [6.07, 6.45) is -4.72. The van der Waals surface area contributed by atoms with E-state index in [1.807, 2.05) is 0 Å². The zero-order valence-electron chi connectivity index (χ0n) is 12.3. The Labute approximate surface area is 143 Å². The first-order valence-corrected chi connectivity index (χ1v) is 7.75. The van der Waals surface area contributed by atoms with Crippen LogP contribution in [-0.4, -0.2) is 10.1 Å². The fraction of sp³-hybridized carbons (Fsp3) is 0.125. The fourth-order valence-electron chi connectivity index (χ4n) is 2.24. The maximum absolute atomic E-state index is 13.9. The van der Waals surface area contributed by atoms with Crippen molar-refractivity contribution in [1.82, 2.24) is 10.1 Å². The molecule has 0 N–H and O–H groups in total. The van der Waals surface area contributed by atoms with Crippen LogP contribution in [0.1, 0.15) is 22.3 Å². The topological polar surface area (TPSA) is 56.0 Å². The number of hydrogen-bond donors (Lipinski definition) is 0. The molecule has 2 aromatic carbocycles. The summed E-state index contributed by atoms with van der Waals surface area (Å²) in [6.45, 7) is 0. The third-order valence-corrected chi connectivity index (χ3v) is 4.14. The molecule has 128 valence electrons. The third-order valence-electron chi connectivity index (χ3n) is 3.42. The normalized spacial score (nSPS) is 12.8. The molecule has 0 aliphatic carbocycles. The van der Waals surface area contributed by atoms with Crippen LogP contribution in [0.3, 0.4) is 0 Å². The molecule has 3 rings (SSSR count). The molecule has 1 heterocycles. The highest BCUT2D eigenvalue weighted by atomic mass is 32.1. The molecule has 1 atom stereocenters. The van der Waals surface area contributed by atoms with Gasteiger partial charge in [-0.1, -0.05) is 41.6 Å². The Morgan fingerprint density at radius 1 is 1.04 bits per heavy atom. The van der Waals surface area contributed by atoms with E-state index in [-0.39, 0.29) is 28.6 Å². The molecular formula is C16H9F4N2O2S+. The lowest BCUT2D eigenvalue weighted by atomic mass is 10.0. The van der Waals surface area contributed by atoms with Gasteiger partial charge in [0.05, 0.1) is 5.56 Å². The summed E-state index contributed by atoms with van der Waals surface area (Å²) in [7, 11) is 0. The van der Waals surface area contributed by atoms with Gasteiger partial charge in [-0.3, -0.25) is 0 Å². The number of aromatic nitrogens is 2. The van der Waals surface area contributed by atoms with Crippen LogP contribution >= 0.6 is 0 Å². The quantitative estimate of drug-likeness (QED) is 0.505. The number of halogens is 4. The Bertz CT molecular complexity index is 894. The molecule has 1 unspecified atom stereocenters. The van der Waals surface area contributed by atoms with Crippen LogP contribution in [0.2, 0.25) is 0 Å². The second-order valence-electron chi connectivity index (χ2n) is 5.04. The minimum absolute atomic E-state index is 0.211. The molecule has 25 heavy (non-hydrogen) atoms. The van der Waals surface area contributed by atoms with Gasteiger partial charge in [-0.15, -0.1) is 0 Å². The van der Waals surface area contributed by atoms with Gasteiger partial charge in [0.25, 0.3) is 5.25 Å². The first-order chi connectivity index (χ1) is 11.9. The lowest BCUT2D eigenvalue weighted by molar-refractivity contribution is -0.159. The molecule has 0 aliphatic rings. The van der Waals surface area contributed by atoms with E-state index in [1.165, 1.54) is 42.5 Å². The van der Waals surface area contributed by atoms with Gasteiger partial charge >= 0.3 is 23.7 Å². The van der Waals surface area contributed by atoms with Gasteiger partial charge in [-0.25, -0.2) is 4.39 Å². The Morgan fingerprint density at radius 2 is 1.72 bits per heavy atom. The van der Waals surface area contributed by atoms with E-state index in [4.69, 9.17) is 0 Å². The molecule has 4 nitrogen and oxygen atoms in total. The summed E-state index contributed by atoms with van der Waals surface area (Å²) in [5, 5.41) is 2.50. The van der Waals surface area contributed by atoms with Crippen LogP contribution in [0, 0.1) is 5.82 Å². The van der Waals surface area contributed by atoms with Crippen molar-refractivity contribution >= 4 is 11.7 Å². The van der Waals surface area contributed by atoms with E-state index < -0.39 is 23.1 Å². The molecule has 0 fully saturated rings. The Hall–Kier alpha value is -2.68. The van der Waals surface area contributed by atoms with Crippen molar-refractivity contribution < 1.29 is 26.3 Å². The maximum atomic E-state index is 13.9. The van der Waals surface area contributed by atoms with Crippen molar-refractivity contribution in [2.75, 3.05) is 0 Å². The van der Waals surface area contributed by atoms with E-state index in [0.29, 0.717) is 5.56 Å². The summed E-state index contributed by atoms with van der Waals surface area (Å²) >= 11 is 0.211. The fourth-order valence-corrected chi connectivity index (χ4v) is 2.80. The average molecular weight is 369 g/mol. The van der Waals surface area contributed by atoms with E-state index in [2.05, 4.69) is 14.7 Å². The predicted octanol–water partition coefficient (Wildman–Crippen LogP) is 4.41. The molecular weight excluding hydrogens is 360 g/mol. The summed E-state index contributed by atoms with van der Waals surface area (Å²) in [4.78, 5) is 3.29. The monoisotopic (exact) mass is 369 g/mol. The molecule has 3 aromatic rings. The lowest BCUT2D eigenvalue weighted by Gasteiger charge is -2.04. The van der Waals surface area contributed by atoms with Gasteiger partial charge in [-0.05, 0) is 12.1 Å². The number of hydrogen-bond acceptors (Lipinski definition) is 4. The van der Waals surface area contributed by atoms with Gasteiger partial charge < -0.3 is 4.52 Å². The summed E-state index contributed by atoms with van der Waals surface area (Å²) in [5.41, 5.74) is 1.02. The van der Waals surface area contributed by atoms with Crippen molar-refractivity contribution in [3.8, 4) is 11.4 Å². The van der Waals surface area contributed by atoms with Crippen LogP contribution < -0.4 is 0 Å². The van der Waals surface area contributed by atoms with Crippen LogP contribution in [0.15, 0.2) is 53.1 Å². The molecule has 1 aromatic heterocycles. The van der Waals surface area contributed by atoms with Crippen molar-refractivity contribution in [2.45, 2.75) is 11.4 Å². The average Bonchev–Trinajstić information content (AvgIpc) is 3.08. The SMILES string of the molecule is O=[S+]C(c1ccc(-c2noc(C(F)(F)F)n2)cc1)c1ccccc1F. The van der Waals surface area contributed by atoms with Crippen LogP contribution in [0.5, 0.6) is 0 Å². The van der Waals surface area contributed by atoms with Crippen LogP contribution in [0.4, 0.5) is 17.6 Å². The van der Waals surface area contributed by atoms with E-state index in [1.54, 1.807) is 6.07 Å². The summed E-state index contributed by atoms with van der Waals surface area (Å²) < 4.78 is 67.0. The second kappa shape index (κ2) is 6.67. The van der Waals surface area contributed by atoms with Crippen molar-refractivity contribution in [1.29, 1.82) is 0 Å². The second-order valence-corrected chi connectivity index (χ2v) is 5.70. The van der Waals surface area contributed by atoms with E-state index in [9.17, 15) is 21.8 Å². The first kappa shape index (κ1) is 17.2. The predicted molar refractivity (Wildman–Crippen MR) is 81.0 cm³/mol. The number of benzene rings is 2. The van der Waals surface area contributed by atoms with Gasteiger partial charge in [0.15, 0.2) is 0 Å². The number of alkyl halides is 3. The molecule has 0 bridgehead atoms. The highest BCUT2D eigenvalue weighted by Crippen LogP contribution is 2.31. The number of nitrogens with zero attached hydrogens (tertiary/aromatic N) is 2. The van der Waals surface area contributed by atoms with Crippen molar-refractivity contribution in [3.63, 3.8) is 0 Å². The summed E-state index contributed by atoms with van der Waals surface area (Å²) in [5.74, 6) is -2.17. The minimum Gasteiger partial charge on any atom is -0.329 e. The van der Waals surface area contributed by atoms with Gasteiger partial charge in [-0.2, -0.15) is 18.2 Å². The van der Waals surface area contributed by atoms with Crippen LogP contribution in [-0.2, 0) is 22.1 Å². The van der Waals surface area contributed by atoms with Crippen LogP contribution in [0.25, 0.3) is 11.4 Å². The Morgan fingerprint density at radius 3 is 2.28 bits per heavy atom. The van der Waals surface area contributed by atoms with Gasteiger partial charge in [0, 0.05) is 15.3 Å². The molecule has 9 heteroatoms. The molecule has 0 amide bonds. The van der Waals surface area contributed by atoms with E-state index >= 15 is 0 Å². The molecule has 0 spiro atoms. The Kier molecular flexibility index (Phi) is 4.58. The van der Waals surface area contributed by atoms with Crippen molar-refractivity contribution in [2.24, 2.45) is 0 Å². The first-order valence-electron chi connectivity index (χ1n) is 6.94. The molecule has 0 aliphatic heterocycles. The maximum Gasteiger partial charge on any atom is 0.472 e. The largest absolute Gasteiger partial charge is 0.472 e. The van der Waals surface area contributed by atoms with Crippen molar-refractivity contribution in [3.05, 3.63) is 71.4 Å².